The van der Waals surface area contributed by atoms with E-state index in [2.05, 4.69) is 32.9 Å². The van der Waals surface area contributed by atoms with Crippen LogP contribution in [0.4, 0.5) is 5.82 Å². The summed E-state index contributed by atoms with van der Waals surface area (Å²) in [5, 5.41) is 15.4. The van der Waals surface area contributed by atoms with Crippen molar-refractivity contribution < 1.29 is 9.53 Å². The Labute approximate surface area is 174 Å². The van der Waals surface area contributed by atoms with Crippen molar-refractivity contribution in [3.63, 3.8) is 0 Å². The fourth-order valence-electron chi connectivity index (χ4n) is 3.11. The minimum absolute atomic E-state index is 0.258. The third-order valence-corrected chi connectivity index (χ3v) is 4.84. The Bertz CT molecular complexity index is 1160. The zero-order valence-electron chi connectivity index (χ0n) is 17.0. The molecule has 4 rings (SSSR count). The molecule has 0 spiro atoms. The molecule has 0 aliphatic heterocycles. The van der Waals surface area contributed by atoms with Crippen LogP contribution < -0.4 is 10.1 Å². The molecule has 0 unspecified atom stereocenters. The van der Waals surface area contributed by atoms with Gasteiger partial charge < -0.3 is 10.1 Å². The van der Waals surface area contributed by atoms with Crippen molar-refractivity contribution in [2.24, 2.45) is 0 Å². The van der Waals surface area contributed by atoms with Gasteiger partial charge in [0.2, 0.25) is 0 Å². The molecule has 152 valence electrons. The molecular formula is C22H22N6O2. The number of hydrogen-bond acceptors (Lipinski definition) is 5. The summed E-state index contributed by atoms with van der Waals surface area (Å²) in [6, 6.07) is 17.4. The topological polar surface area (TPSA) is 86.9 Å². The van der Waals surface area contributed by atoms with E-state index in [1.807, 2.05) is 50.2 Å². The maximum absolute atomic E-state index is 12.8. The summed E-state index contributed by atoms with van der Waals surface area (Å²) in [6.45, 7) is 4.41. The molecule has 8 heteroatoms. The number of carbonyl (C=O) groups is 1. The van der Waals surface area contributed by atoms with Gasteiger partial charge in [-0.05, 0) is 43.7 Å². The summed E-state index contributed by atoms with van der Waals surface area (Å²) in [5.74, 6) is 1.01. The molecule has 0 atom stereocenters. The lowest BCUT2D eigenvalue weighted by Gasteiger charge is -2.09. The lowest BCUT2D eigenvalue weighted by Crippen LogP contribution is -2.17. The van der Waals surface area contributed by atoms with E-state index < -0.39 is 0 Å². The van der Waals surface area contributed by atoms with Crippen LogP contribution in [0, 0.1) is 13.8 Å². The van der Waals surface area contributed by atoms with Crippen LogP contribution in [-0.2, 0) is 6.54 Å². The molecule has 0 saturated heterocycles. The van der Waals surface area contributed by atoms with Crippen LogP contribution in [-0.4, -0.2) is 37.8 Å². The number of amides is 1. The van der Waals surface area contributed by atoms with Gasteiger partial charge in [-0.25, -0.2) is 9.36 Å². The number of anilines is 1. The van der Waals surface area contributed by atoms with Crippen LogP contribution in [0.15, 0.2) is 60.8 Å². The van der Waals surface area contributed by atoms with Gasteiger partial charge in [0.25, 0.3) is 5.91 Å². The van der Waals surface area contributed by atoms with Crippen LogP contribution in [0.2, 0.25) is 0 Å². The number of nitrogens with one attached hydrogen (secondary N) is 1. The van der Waals surface area contributed by atoms with Crippen molar-refractivity contribution in [1.29, 1.82) is 0 Å². The van der Waals surface area contributed by atoms with E-state index in [4.69, 9.17) is 4.74 Å². The number of benzene rings is 2. The lowest BCUT2D eigenvalue weighted by atomic mass is 10.1. The average Bonchev–Trinajstić information content (AvgIpc) is 3.36. The van der Waals surface area contributed by atoms with Gasteiger partial charge in [0.05, 0.1) is 31.2 Å². The first-order valence-electron chi connectivity index (χ1n) is 9.50. The largest absolute Gasteiger partial charge is 0.497 e. The van der Waals surface area contributed by atoms with Crippen LogP contribution in [0.5, 0.6) is 5.75 Å². The molecule has 30 heavy (non-hydrogen) atoms. The van der Waals surface area contributed by atoms with Crippen molar-refractivity contribution in [2.75, 3.05) is 12.4 Å². The van der Waals surface area contributed by atoms with Gasteiger partial charge in [-0.2, -0.15) is 5.10 Å². The Kier molecular flexibility index (Phi) is 5.30. The van der Waals surface area contributed by atoms with Crippen LogP contribution in [0.25, 0.3) is 5.69 Å². The van der Waals surface area contributed by atoms with Gasteiger partial charge in [0, 0.05) is 6.07 Å². The molecule has 0 radical (unpaired) electrons. The van der Waals surface area contributed by atoms with E-state index in [1.54, 1.807) is 28.7 Å². The highest BCUT2D eigenvalue weighted by Crippen LogP contribution is 2.18. The minimum atomic E-state index is -0.335. The molecule has 0 saturated carbocycles. The molecule has 0 aliphatic carbocycles. The molecular weight excluding hydrogens is 380 g/mol. The summed E-state index contributed by atoms with van der Waals surface area (Å²) < 4.78 is 8.54. The number of methoxy groups -OCH3 is 1. The lowest BCUT2D eigenvalue weighted by molar-refractivity contribution is 0.102. The van der Waals surface area contributed by atoms with Gasteiger partial charge in [-0.15, -0.1) is 5.10 Å². The average molecular weight is 402 g/mol. The molecule has 2 aromatic carbocycles. The second-order valence-electron chi connectivity index (χ2n) is 6.95. The van der Waals surface area contributed by atoms with Crippen molar-refractivity contribution in [1.82, 2.24) is 24.8 Å². The Morgan fingerprint density at radius 1 is 1.03 bits per heavy atom. The first-order chi connectivity index (χ1) is 14.5. The molecule has 1 amide bonds. The van der Waals surface area contributed by atoms with Gasteiger partial charge in [-0.1, -0.05) is 35.0 Å². The number of carbonyl (C=O) groups excluding carboxylic acids is 1. The second-order valence-corrected chi connectivity index (χ2v) is 6.95. The summed E-state index contributed by atoms with van der Waals surface area (Å²) in [5.41, 5.74) is 3.99. The van der Waals surface area contributed by atoms with Gasteiger partial charge in [-0.3, -0.25) is 4.79 Å². The fraction of sp³-hybridized carbons (Fsp3) is 0.182. The van der Waals surface area contributed by atoms with Gasteiger partial charge in [0.15, 0.2) is 5.69 Å². The molecule has 1 N–H and O–H groups in total. The highest BCUT2D eigenvalue weighted by molar-refractivity contribution is 6.03. The number of aryl methyl sites for hydroxylation is 1. The second kappa shape index (κ2) is 8.20. The van der Waals surface area contributed by atoms with Crippen LogP contribution >= 0.6 is 0 Å². The highest BCUT2D eigenvalue weighted by Gasteiger charge is 2.19. The summed E-state index contributed by atoms with van der Waals surface area (Å²) in [4.78, 5) is 12.8. The molecule has 0 aliphatic rings. The highest BCUT2D eigenvalue weighted by atomic mass is 16.5. The van der Waals surface area contributed by atoms with E-state index in [1.165, 1.54) is 5.56 Å². The zero-order valence-corrected chi connectivity index (χ0v) is 17.0. The van der Waals surface area contributed by atoms with Crippen molar-refractivity contribution >= 4 is 11.7 Å². The fourth-order valence-corrected chi connectivity index (χ4v) is 3.11. The van der Waals surface area contributed by atoms with E-state index in [0.717, 1.165) is 17.0 Å². The number of rotatable bonds is 6. The monoisotopic (exact) mass is 402 g/mol. The third kappa shape index (κ3) is 3.93. The standard InChI is InChI=1S/C22H22N6O2/c1-15-4-6-17(7-5-15)14-27-20(12-13-23-27)24-22(29)21-16(2)28(26-25-21)18-8-10-19(30-3)11-9-18/h4-13H,14H2,1-3H3,(H,24,29). The quantitative estimate of drug-likeness (QED) is 0.534. The Morgan fingerprint density at radius 3 is 2.47 bits per heavy atom. The Balaban J connectivity index is 1.52. The SMILES string of the molecule is COc1ccc(-n2nnc(C(=O)Nc3ccnn3Cc3ccc(C)cc3)c2C)cc1. The number of aromatic nitrogens is 5. The molecule has 2 heterocycles. The summed E-state index contributed by atoms with van der Waals surface area (Å²) in [6.07, 6.45) is 1.66. The van der Waals surface area contributed by atoms with Crippen LogP contribution in [0.1, 0.15) is 27.3 Å². The third-order valence-electron chi connectivity index (χ3n) is 4.84. The van der Waals surface area contributed by atoms with E-state index in [9.17, 15) is 4.79 Å². The van der Waals surface area contributed by atoms with E-state index in [0.29, 0.717) is 18.1 Å². The first kappa shape index (κ1) is 19.4. The maximum atomic E-state index is 12.8. The smallest absolute Gasteiger partial charge is 0.279 e. The van der Waals surface area contributed by atoms with E-state index >= 15 is 0 Å². The summed E-state index contributed by atoms with van der Waals surface area (Å²) >= 11 is 0. The maximum Gasteiger partial charge on any atom is 0.279 e. The zero-order chi connectivity index (χ0) is 21.1. The predicted molar refractivity (Wildman–Crippen MR) is 113 cm³/mol. The van der Waals surface area contributed by atoms with E-state index in [-0.39, 0.29) is 11.6 Å². The molecule has 4 aromatic rings. The van der Waals surface area contributed by atoms with Gasteiger partial charge >= 0.3 is 0 Å². The predicted octanol–water partition coefficient (Wildman–Crippen LogP) is 3.39. The Hall–Kier alpha value is -3.94. The molecule has 8 nitrogen and oxygen atoms in total. The Morgan fingerprint density at radius 2 is 1.77 bits per heavy atom. The minimum Gasteiger partial charge on any atom is -0.497 e. The van der Waals surface area contributed by atoms with Gasteiger partial charge in [0.1, 0.15) is 11.6 Å². The first-order valence-corrected chi connectivity index (χ1v) is 9.50. The summed E-state index contributed by atoms with van der Waals surface area (Å²) in [7, 11) is 1.61. The number of ether oxygens (including phenoxy) is 1. The van der Waals surface area contributed by atoms with Crippen molar-refractivity contribution in [3.05, 3.63) is 83.3 Å². The normalized spacial score (nSPS) is 10.8. The van der Waals surface area contributed by atoms with Crippen molar-refractivity contribution in [3.8, 4) is 11.4 Å². The molecule has 0 fully saturated rings. The van der Waals surface area contributed by atoms with Crippen LogP contribution in [0.3, 0.4) is 0 Å². The molecule has 0 bridgehead atoms. The van der Waals surface area contributed by atoms with Crippen molar-refractivity contribution in [2.45, 2.75) is 20.4 Å². The number of hydrogen-bond donors (Lipinski definition) is 1. The molecule has 2 aromatic heterocycles. The number of nitrogens with zero attached hydrogens (tertiary/aromatic N) is 5.